The molecule has 2 N–H and O–H groups in total. The van der Waals surface area contributed by atoms with E-state index in [4.69, 9.17) is 5.73 Å². The van der Waals surface area contributed by atoms with Crippen LogP contribution in [0.2, 0.25) is 0 Å². The molecule has 0 aliphatic heterocycles. The lowest BCUT2D eigenvalue weighted by Gasteiger charge is -2.30. The molecule has 130 valence electrons. The maximum atomic E-state index is 12.8. The molecule has 1 aromatic carbocycles. The average Bonchev–Trinajstić information content (AvgIpc) is 3.29. The summed E-state index contributed by atoms with van der Waals surface area (Å²) < 4.78 is 38.5. The van der Waals surface area contributed by atoms with Gasteiger partial charge in [0.1, 0.15) is 0 Å². The Morgan fingerprint density at radius 3 is 2.57 bits per heavy atom. The Hall–Kier alpha value is -1.27. The number of carbonyl (C=O) groups is 1. The zero-order chi connectivity index (χ0) is 16.3. The summed E-state index contributed by atoms with van der Waals surface area (Å²) in [7, 11) is 0. The number of hydrogen-bond acceptors (Lipinski definition) is 2. The van der Waals surface area contributed by atoms with E-state index in [1.165, 1.54) is 6.07 Å². The Balaban J connectivity index is 0.00000264. The molecule has 0 heterocycles. The number of benzene rings is 1. The van der Waals surface area contributed by atoms with E-state index in [9.17, 15) is 18.0 Å². The minimum Gasteiger partial charge on any atom is -0.333 e. The van der Waals surface area contributed by atoms with E-state index >= 15 is 0 Å². The Morgan fingerprint density at radius 2 is 2.04 bits per heavy atom. The van der Waals surface area contributed by atoms with Crippen molar-refractivity contribution in [2.45, 2.75) is 50.9 Å². The average molecular weight is 351 g/mol. The van der Waals surface area contributed by atoms with Crippen LogP contribution in [0.4, 0.5) is 13.2 Å². The normalized spacial score (nSPS) is 15.7. The Labute approximate surface area is 140 Å². The zero-order valence-electron chi connectivity index (χ0n) is 13.0. The van der Waals surface area contributed by atoms with Gasteiger partial charge in [-0.25, -0.2) is 0 Å². The Morgan fingerprint density at radius 1 is 1.39 bits per heavy atom. The number of nitrogens with two attached hydrogens (primary N) is 1. The van der Waals surface area contributed by atoms with Crippen molar-refractivity contribution in [3.8, 4) is 0 Å². The molecule has 1 aliphatic rings. The van der Waals surface area contributed by atoms with Crippen LogP contribution in [0.3, 0.4) is 0 Å². The molecule has 1 saturated carbocycles. The molecule has 0 aromatic heterocycles. The molecular weight excluding hydrogens is 329 g/mol. The smallest absolute Gasteiger partial charge is 0.333 e. The van der Waals surface area contributed by atoms with Gasteiger partial charge in [0.15, 0.2) is 0 Å². The van der Waals surface area contributed by atoms with Gasteiger partial charge in [-0.1, -0.05) is 12.1 Å². The van der Waals surface area contributed by atoms with Crippen LogP contribution in [-0.2, 0) is 11.0 Å². The lowest BCUT2D eigenvalue weighted by molar-refractivity contribution is -0.137. The van der Waals surface area contributed by atoms with Crippen LogP contribution in [0.15, 0.2) is 24.3 Å². The van der Waals surface area contributed by atoms with Crippen LogP contribution < -0.4 is 5.73 Å². The van der Waals surface area contributed by atoms with Crippen molar-refractivity contribution in [1.82, 2.24) is 4.90 Å². The molecule has 1 unspecified atom stereocenters. The summed E-state index contributed by atoms with van der Waals surface area (Å²) in [5, 5.41) is 0. The van der Waals surface area contributed by atoms with Gasteiger partial charge < -0.3 is 10.6 Å². The van der Waals surface area contributed by atoms with Gasteiger partial charge in [-0.05, 0) is 50.4 Å². The molecular formula is C16H22ClF3N2O. The molecule has 1 aliphatic carbocycles. The molecule has 0 bridgehead atoms. The third-order valence-corrected chi connectivity index (χ3v) is 3.94. The number of amides is 1. The Bertz CT molecular complexity index is 532. The van der Waals surface area contributed by atoms with Gasteiger partial charge in [0.05, 0.1) is 11.6 Å². The van der Waals surface area contributed by atoms with Crippen LogP contribution in [0.25, 0.3) is 0 Å². The van der Waals surface area contributed by atoms with Crippen molar-refractivity contribution in [2.24, 2.45) is 5.73 Å². The van der Waals surface area contributed by atoms with Gasteiger partial charge in [-0.3, -0.25) is 4.79 Å². The van der Waals surface area contributed by atoms with Crippen LogP contribution >= 0.6 is 12.4 Å². The van der Waals surface area contributed by atoms with Crippen molar-refractivity contribution in [1.29, 1.82) is 0 Å². The number of carbonyl (C=O) groups excluding carboxylic acids is 1. The third-order valence-electron chi connectivity index (χ3n) is 3.94. The molecule has 23 heavy (non-hydrogen) atoms. The van der Waals surface area contributed by atoms with Crippen LogP contribution in [0.1, 0.15) is 49.8 Å². The topological polar surface area (TPSA) is 46.3 Å². The first-order valence-corrected chi connectivity index (χ1v) is 7.53. The second-order valence-electron chi connectivity index (χ2n) is 5.72. The SMILES string of the molecule is CC(c1cccc(C(F)(F)F)c1)N(C(=O)CCCN)C1CC1.Cl. The first-order chi connectivity index (χ1) is 10.3. The number of alkyl halides is 3. The second kappa shape index (κ2) is 8.02. The molecule has 1 fully saturated rings. The van der Waals surface area contributed by atoms with E-state index in [0.717, 1.165) is 25.0 Å². The molecule has 7 heteroatoms. The van der Waals surface area contributed by atoms with Gasteiger partial charge in [0.25, 0.3) is 0 Å². The number of hydrogen-bond donors (Lipinski definition) is 1. The van der Waals surface area contributed by atoms with E-state index in [-0.39, 0.29) is 30.4 Å². The van der Waals surface area contributed by atoms with Crippen molar-refractivity contribution < 1.29 is 18.0 Å². The van der Waals surface area contributed by atoms with Gasteiger partial charge >= 0.3 is 6.18 Å². The van der Waals surface area contributed by atoms with Crippen molar-refractivity contribution in [3.05, 3.63) is 35.4 Å². The first kappa shape index (κ1) is 19.8. The monoisotopic (exact) mass is 350 g/mol. The van der Waals surface area contributed by atoms with Crippen LogP contribution in [0, 0.1) is 0 Å². The second-order valence-corrected chi connectivity index (χ2v) is 5.72. The first-order valence-electron chi connectivity index (χ1n) is 7.53. The maximum Gasteiger partial charge on any atom is 0.416 e. The lowest BCUT2D eigenvalue weighted by Crippen LogP contribution is -2.35. The van der Waals surface area contributed by atoms with E-state index in [0.29, 0.717) is 24.9 Å². The molecule has 0 radical (unpaired) electrons. The summed E-state index contributed by atoms with van der Waals surface area (Å²) in [6.45, 7) is 2.22. The quantitative estimate of drug-likeness (QED) is 0.845. The summed E-state index contributed by atoms with van der Waals surface area (Å²) in [4.78, 5) is 14.1. The largest absolute Gasteiger partial charge is 0.416 e. The summed E-state index contributed by atoms with van der Waals surface area (Å²) in [6.07, 6.45) is -1.60. The highest BCUT2D eigenvalue weighted by Gasteiger charge is 2.37. The fourth-order valence-corrected chi connectivity index (χ4v) is 2.61. The summed E-state index contributed by atoms with van der Waals surface area (Å²) in [5.74, 6) is -0.0298. The minimum atomic E-state index is -4.37. The summed E-state index contributed by atoms with van der Waals surface area (Å²) in [5.41, 5.74) is 5.27. The standard InChI is InChI=1S/C16H21F3N2O.ClH/c1-11(12-4-2-5-13(10-12)16(17,18)19)21(14-7-8-14)15(22)6-3-9-20;/h2,4-5,10-11,14H,3,6-9,20H2,1H3;1H. The van der Waals surface area contributed by atoms with Crippen molar-refractivity contribution in [2.75, 3.05) is 6.54 Å². The van der Waals surface area contributed by atoms with E-state index in [2.05, 4.69) is 0 Å². The van der Waals surface area contributed by atoms with E-state index < -0.39 is 11.7 Å². The zero-order valence-corrected chi connectivity index (χ0v) is 13.8. The summed E-state index contributed by atoms with van der Waals surface area (Å²) in [6, 6.07) is 5.01. The molecule has 2 rings (SSSR count). The highest BCUT2D eigenvalue weighted by molar-refractivity contribution is 5.85. The fourth-order valence-electron chi connectivity index (χ4n) is 2.61. The van der Waals surface area contributed by atoms with Gasteiger partial charge in [-0.15, -0.1) is 12.4 Å². The Kier molecular flexibility index (Phi) is 6.89. The number of rotatable bonds is 6. The van der Waals surface area contributed by atoms with Crippen LogP contribution in [0.5, 0.6) is 0 Å². The van der Waals surface area contributed by atoms with E-state index in [1.807, 2.05) is 0 Å². The third kappa shape index (κ3) is 5.11. The predicted molar refractivity (Wildman–Crippen MR) is 85.3 cm³/mol. The maximum absolute atomic E-state index is 12.8. The van der Waals surface area contributed by atoms with Gasteiger partial charge in [-0.2, -0.15) is 13.2 Å². The molecule has 0 saturated heterocycles. The molecule has 1 atom stereocenters. The van der Waals surface area contributed by atoms with Crippen molar-refractivity contribution in [3.63, 3.8) is 0 Å². The molecule has 1 amide bonds. The predicted octanol–water partition coefficient (Wildman–Crippen LogP) is 3.92. The van der Waals surface area contributed by atoms with Gasteiger partial charge in [0.2, 0.25) is 5.91 Å². The lowest BCUT2D eigenvalue weighted by atomic mass is 10.0. The van der Waals surface area contributed by atoms with Crippen molar-refractivity contribution >= 4 is 18.3 Å². The fraction of sp³-hybridized carbons (Fsp3) is 0.562. The van der Waals surface area contributed by atoms with Crippen LogP contribution in [-0.4, -0.2) is 23.4 Å². The number of halogens is 4. The van der Waals surface area contributed by atoms with Gasteiger partial charge in [0, 0.05) is 12.5 Å². The minimum absolute atomic E-state index is 0. The highest BCUT2D eigenvalue weighted by atomic mass is 35.5. The highest BCUT2D eigenvalue weighted by Crippen LogP contribution is 2.37. The molecule has 0 spiro atoms. The molecule has 3 nitrogen and oxygen atoms in total. The van der Waals surface area contributed by atoms with E-state index in [1.54, 1.807) is 17.9 Å². The number of nitrogens with zero attached hydrogens (tertiary/aromatic N) is 1. The summed E-state index contributed by atoms with van der Waals surface area (Å²) >= 11 is 0. The molecule has 1 aromatic rings.